The van der Waals surface area contributed by atoms with Crippen molar-refractivity contribution in [3.63, 3.8) is 0 Å². The fourth-order valence-corrected chi connectivity index (χ4v) is 0.946. The van der Waals surface area contributed by atoms with E-state index in [9.17, 15) is 18.0 Å². The summed E-state index contributed by atoms with van der Waals surface area (Å²) in [5.41, 5.74) is -0.550. The second kappa shape index (κ2) is 5.17. The molecule has 0 heterocycles. The third-order valence-corrected chi connectivity index (χ3v) is 2.16. The maximum Gasteiger partial charge on any atom is 0.412 e. The number of hydrogen-bond donors (Lipinski definition) is 0. The number of alkyl halides is 3. The van der Waals surface area contributed by atoms with E-state index >= 15 is 0 Å². The molecule has 0 rings (SSSR count). The molecule has 0 fully saturated rings. The lowest BCUT2D eigenvalue weighted by atomic mass is 10.0. The monoisotopic (exact) mass is 208 g/mol. The first-order chi connectivity index (χ1) is 6.29. The third-order valence-electron chi connectivity index (χ3n) is 2.16. The molecule has 4 heteroatoms. The fourth-order valence-electron chi connectivity index (χ4n) is 0.946. The van der Waals surface area contributed by atoms with E-state index in [1.54, 1.807) is 6.92 Å². The molecular weight excluding hydrogens is 193 g/mol. The van der Waals surface area contributed by atoms with Gasteiger partial charge >= 0.3 is 6.18 Å². The van der Waals surface area contributed by atoms with Gasteiger partial charge in [-0.1, -0.05) is 19.9 Å². The molecule has 82 valence electrons. The lowest BCUT2D eigenvalue weighted by molar-refractivity contribution is -0.120. The highest BCUT2D eigenvalue weighted by molar-refractivity contribution is 5.78. The Hall–Kier alpha value is -0.800. The van der Waals surface area contributed by atoms with Crippen molar-refractivity contribution >= 4 is 5.78 Å². The molecule has 0 radical (unpaired) electrons. The van der Waals surface area contributed by atoms with E-state index in [4.69, 9.17) is 0 Å². The predicted octanol–water partition coefficient (Wildman–Crippen LogP) is 3.50. The summed E-state index contributed by atoms with van der Waals surface area (Å²) in [4.78, 5) is 10.8. The van der Waals surface area contributed by atoms with Gasteiger partial charge in [0, 0.05) is 11.5 Å². The molecule has 0 amide bonds. The lowest BCUT2D eigenvalue weighted by Gasteiger charge is -2.10. The topological polar surface area (TPSA) is 17.1 Å². The highest BCUT2D eigenvalue weighted by Crippen LogP contribution is 2.28. The summed E-state index contributed by atoms with van der Waals surface area (Å²) in [5.74, 6) is -0.419. The van der Waals surface area contributed by atoms with Gasteiger partial charge in [0.1, 0.15) is 5.78 Å². The zero-order chi connectivity index (χ0) is 11.4. The molecule has 0 aliphatic rings. The molecule has 1 unspecified atom stereocenters. The van der Waals surface area contributed by atoms with Crippen LogP contribution in [0.25, 0.3) is 0 Å². The Morgan fingerprint density at radius 1 is 1.43 bits per heavy atom. The van der Waals surface area contributed by atoms with Crippen LogP contribution in [0, 0.1) is 5.92 Å². The summed E-state index contributed by atoms with van der Waals surface area (Å²) in [6.45, 7) is 4.47. The standard InChI is InChI=1S/C10H15F3O/c1-4-9(10(11,12)13)6-5-7(2)8(3)14/h6-7H,4-5H2,1-3H3/b9-6+. The minimum atomic E-state index is -4.26. The summed E-state index contributed by atoms with van der Waals surface area (Å²) >= 11 is 0. The summed E-state index contributed by atoms with van der Waals surface area (Å²) in [5, 5.41) is 0. The molecule has 0 N–H and O–H groups in total. The van der Waals surface area contributed by atoms with E-state index in [1.807, 2.05) is 0 Å². The van der Waals surface area contributed by atoms with Crippen LogP contribution in [0.3, 0.4) is 0 Å². The van der Waals surface area contributed by atoms with Gasteiger partial charge in [-0.25, -0.2) is 0 Å². The number of halogens is 3. The van der Waals surface area contributed by atoms with E-state index in [0.717, 1.165) is 6.08 Å². The molecule has 1 atom stereocenters. The number of Topliss-reactive ketones (excluding diaryl/α,β-unsaturated/α-hetero) is 1. The van der Waals surface area contributed by atoms with Crippen LogP contribution in [-0.4, -0.2) is 12.0 Å². The molecule has 1 nitrogen and oxygen atoms in total. The van der Waals surface area contributed by atoms with Crippen LogP contribution in [0.15, 0.2) is 11.6 Å². The van der Waals surface area contributed by atoms with Crippen LogP contribution in [0.5, 0.6) is 0 Å². The fraction of sp³-hybridized carbons (Fsp3) is 0.700. The van der Waals surface area contributed by atoms with Gasteiger partial charge in [-0.2, -0.15) is 13.2 Å². The number of ketones is 1. The van der Waals surface area contributed by atoms with Crippen LogP contribution in [0.4, 0.5) is 13.2 Å². The first kappa shape index (κ1) is 13.2. The second-order valence-corrected chi connectivity index (χ2v) is 3.33. The average Bonchev–Trinajstić information content (AvgIpc) is 2.02. The highest BCUT2D eigenvalue weighted by atomic mass is 19.4. The molecule has 0 aliphatic carbocycles. The minimum absolute atomic E-state index is 0.0475. The smallest absolute Gasteiger partial charge is 0.300 e. The Morgan fingerprint density at radius 2 is 1.93 bits per heavy atom. The molecule has 0 saturated heterocycles. The largest absolute Gasteiger partial charge is 0.412 e. The summed E-state index contributed by atoms with van der Waals surface area (Å²) < 4.78 is 36.7. The van der Waals surface area contributed by atoms with Gasteiger partial charge in [-0.15, -0.1) is 0 Å². The molecule has 0 aromatic rings. The molecule has 0 aliphatic heterocycles. The summed E-state index contributed by atoms with van der Waals surface area (Å²) in [6, 6.07) is 0. The van der Waals surface area contributed by atoms with E-state index in [-0.39, 0.29) is 24.5 Å². The molecule has 0 spiro atoms. The Bertz CT molecular complexity index is 228. The van der Waals surface area contributed by atoms with Gasteiger partial charge < -0.3 is 0 Å². The SMILES string of the molecule is CC/C(=C\CC(C)C(C)=O)C(F)(F)F. The minimum Gasteiger partial charge on any atom is -0.300 e. The van der Waals surface area contributed by atoms with E-state index in [1.165, 1.54) is 13.8 Å². The summed E-state index contributed by atoms with van der Waals surface area (Å²) in [6.07, 6.45) is -3.02. The van der Waals surface area contributed by atoms with Gasteiger partial charge in [0.05, 0.1) is 0 Å². The quantitative estimate of drug-likeness (QED) is 0.646. The van der Waals surface area contributed by atoms with E-state index in [2.05, 4.69) is 0 Å². The normalized spacial score (nSPS) is 15.4. The first-order valence-electron chi connectivity index (χ1n) is 4.55. The van der Waals surface area contributed by atoms with Crippen molar-refractivity contribution in [3.8, 4) is 0 Å². The Labute approximate surface area is 82.0 Å². The zero-order valence-electron chi connectivity index (χ0n) is 8.61. The Kier molecular flexibility index (Phi) is 4.88. The molecule has 0 aromatic carbocycles. The molecule has 14 heavy (non-hydrogen) atoms. The number of hydrogen-bond acceptors (Lipinski definition) is 1. The molecular formula is C10H15F3O. The van der Waals surface area contributed by atoms with Crippen molar-refractivity contribution in [2.75, 3.05) is 0 Å². The number of allylic oxidation sites excluding steroid dienone is 2. The Morgan fingerprint density at radius 3 is 2.21 bits per heavy atom. The van der Waals surface area contributed by atoms with Crippen molar-refractivity contribution in [3.05, 3.63) is 11.6 Å². The summed E-state index contributed by atoms with van der Waals surface area (Å²) in [7, 11) is 0. The van der Waals surface area contributed by atoms with Crippen molar-refractivity contribution in [1.29, 1.82) is 0 Å². The number of rotatable bonds is 4. The van der Waals surface area contributed by atoms with Crippen molar-refractivity contribution in [1.82, 2.24) is 0 Å². The van der Waals surface area contributed by atoms with Crippen molar-refractivity contribution in [2.45, 2.75) is 39.8 Å². The number of carbonyl (C=O) groups excluding carboxylic acids is 1. The van der Waals surface area contributed by atoms with Crippen molar-refractivity contribution < 1.29 is 18.0 Å². The molecule has 0 saturated carbocycles. The molecule has 0 bridgehead atoms. The lowest BCUT2D eigenvalue weighted by Crippen LogP contribution is -2.12. The predicted molar refractivity (Wildman–Crippen MR) is 48.9 cm³/mol. The maximum absolute atomic E-state index is 12.2. The average molecular weight is 208 g/mol. The highest BCUT2D eigenvalue weighted by Gasteiger charge is 2.31. The van der Waals surface area contributed by atoms with E-state index in [0.29, 0.717) is 0 Å². The van der Waals surface area contributed by atoms with Crippen LogP contribution < -0.4 is 0 Å². The van der Waals surface area contributed by atoms with Gasteiger partial charge in [0.25, 0.3) is 0 Å². The van der Waals surface area contributed by atoms with Gasteiger partial charge in [0.15, 0.2) is 0 Å². The first-order valence-corrected chi connectivity index (χ1v) is 4.55. The number of carbonyl (C=O) groups is 1. The van der Waals surface area contributed by atoms with Gasteiger partial charge in [0.2, 0.25) is 0 Å². The van der Waals surface area contributed by atoms with Gasteiger partial charge in [-0.05, 0) is 19.8 Å². The second-order valence-electron chi connectivity index (χ2n) is 3.33. The van der Waals surface area contributed by atoms with Crippen LogP contribution in [-0.2, 0) is 4.79 Å². The maximum atomic E-state index is 12.2. The third kappa shape index (κ3) is 4.44. The van der Waals surface area contributed by atoms with Crippen molar-refractivity contribution in [2.24, 2.45) is 5.92 Å². The zero-order valence-corrected chi connectivity index (χ0v) is 8.61. The van der Waals surface area contributed by atoms with Crippen LogP contribution in [0.2, 0.25) is 0 Å². The molecule has 0 aromatic heterocycles. The van der Waals surface area contributed by atoms with Crippen LogP contribution >= 0.6 is 0 Å². The van der Waals surface area contributed by atoms with E-state index < -0.39 is 11.7 Å². The van der Waals surface area contributed by atoms with Gasteiger partial charge in [-0.3, -0.25) is 4.79 Å². The van der Waals surface area contributed by atoms with Crippen LogP contribution in [0.1, 0.15) is 33.6 Å². The Balaban J connectivity index is 4.41.